The SMILES string of the molecule is CCC(COC)NC1CCC(C(F)(F)F)CC1. The van der Waals surface area contributed by atoms with Crippen LogP contribution in [0.15, 0.2) is 0 Å². The fraction of sp³-hybridized carbons (Fsp3) is 1.00. The predicted molar refractivity (Wildman–Crippen MR) is 60.9 cm³/mol. The summed E-state index contributed by atoms with van der Waals surface area (Å²) in [5.41, 5.74) is 0. The van der Waals surface area contributed by atoms with Gasteiger partial charge < -0.3 is 10.1 Å². The van der Waals surface area contributed by atoms with Crippen molar-refractivity contribution in [1.82, 2.24) is 5.32 Å². The lowest BCUT2D eigenvalue weighted by Gasteiger charge is -2.32. The third-order valence-electron chi connectivity index (χ3n) is 3.52. The van der Waals surface area contributed by atoms with Crippen LogP contribution in [-0.2, 0) is 4.74 Å². The first-order chi connectivity index (χ1) is 7.97. The second kappa shape index (κ2) is 6.59. The number of hydrogen-bond acceptors (Lipinski definition) is 2. The van der Waals surface area contributed by atoms with Gasteiger partial charge in [-0.3, -0.25) is 0 Å². The van der Waals surface area contributed by atoms with Gasteiger partial charge in [0, 0.05) is 19.2 Å². The molecular weight excluding hydrogens is 231 g/mol. The van der Waals surface area contributed by atoms with E-state index in [0.29, 0.717) is 19.4 Å². The van der Waals surface area contributed by atoms with Gasteiger partial charge in [-0.1, -0.05) is 6.92 Å². The molecule has 0 aromatic carbocycles. The zero-order chi connectivity index (χ0) is 12.9. The van der Waals surface area contributed by atoms with Crippen LogP contribution in [0.4, 0.5) is 13.2 Å². The second-order valence-corrected chi connectivity index (χ2v) is 4.82. The van der Waals surface area contributed by atoms with Crippen molar-refractivity contribution in [2.24, 2.45) is 5.92 Å². The second-order valence-electron chi connectivity index (χ2n) is 4.82. The first-order valence-electron chi connectivity index (χ1n) is 6.29. The van der Waals surface area contributed by atoms with Crippen molar-refractivity contribution in [2.45, 2.75) is 57.3 Å². The van der Waals surface area contributed by atoms with E-state index in [9.17, 15) is 13.2 Å². The summed E-state index contributed by atoms with van der Waals surface area (Å²) in [5, 5.41) is 3.39. The molecule has 1 aliphatic carbocycles. The monoisotopic (exact) mass is 253 g/mol. The molecule has 1 N–H and O–H groups in total. The fourth-order valence-corrected chi connectivity index (χ4v) is 2.41. The van der Waals surface area contributed by atoms with Crippen molar-refractivity contribution in [2.75, 3.05) is 13.7 Å². The summed E-state index contributed by atoms with van der Waals surface area (Å²) in [6.07, 6.45) is -1.33. The van der Waals surface area contributed by atoms with E-state index < -0.39 is 12.1 Å². The third-order valence-corrected chi connectivity index (χ3v) is 3.52. The van der Waals surface area contributed by atoms with Gasteiger partial charge in [0.25, 0.3) is 0 Å². The van der Waals surface area contributed by atoms with Crippen LogP contribution in [0.2, 0.25) is 0 Å². The van der Waals surface area contributed by atoms with Gasteiger partial charge in [0.1, 0.15) is 0 Å². The largest absolute Gasteiger partial charge is 0.391 e. The number of halogens is 3. The summed E-state index contributed by atoms with van der Waals surface area (Å²) in [6.45, 7) is 2.67. The van der Waals surface area contributed by atoms with Gasteiger partial charge in [-0.2, -0.15) is 13.2 Å². The summed E-state index contributed by atoms with van der Waals surface area (Å²) >= 11 is 0. The summed E-state index contributed by atoms with van der Waals surface area (Å²) in [4.78, 5) is 0. The smallest absolute Gasteiger partial charge is 0.383 e. The molecule has 17 heavy (non-hydrogen) atoms. The Balaban J connectivity index is 2.31. The molecule has 2 nitrogen and oxygen atoms in total. The molecule has 1 saturated carbocycles. The predicted octanol–water partition coefficient (Wildman–Crippen LogP) is 3.12. The number of alkyl halides is 3. The lowest BCUT2D eigenvalue weighted by atomic mass is 9.85. The summed E-state index contributed by atoms with van der Waals surface area (Å²) < 4.78 is 42.5. The zero-order valence-corrected chi connectivity index (χ0v) is 10.5. The van der Waals surface area contributed by atoms with Crippen LogP contribution in [0.1, 0.15) is 39.0 Å². The fourth-order valence-electron chi connectivity index (χ4n) is 2.41. The molecule has 0 spiro atoms. The van der Waals surface area contributed by atoms with E-state index >= 15 is 0 Å². The van der Waals surface area contributed by atoms with Crippen LogP contribution < -0.4 is 5.32 Å². The van der Waals surface area contributed by atoms with E-state index in [1.54, 1.807) is 7.11 Å². The third kappa shape index (κ3) is 4.84. The van der Waals surface area contributed by atoms with Crippen LogP contribution in [-0.4, -0.2) is 32.0 Å². The molecule has 102 valence electrons. The number of rotatable bonds is 5. The van der Waals surface area contributed by atoms with Crippen LogP contribution >= 0.6 is 0 Å². The van der Waals surface area contributed by atoms with Crippen molar-refractivity contribution in [1.29, 1.82) is 0 Å². The molecule has 0 radical (unpaired) electrons. The normalized spacial score (nSPS) is 28.1. The molecule has 1 unspecified atom stereocenters. The van der Waals surface area contributed by atoms with Crippen molar-refractivity contribution in [3.8, 4) is 0 Å². The van der Waals surface area contributed by atoms with Crippen molar-refractivity contribution < 1.29 is 17.9 Å². The zero-order valence-electron chi connectivity index (χ0n) is 10.5. The molecular formula is C12H22F3NO. The van der Waals surface area contributed by atoms with Crippen molar-refractivity contribution in [3.63, 3.8) is 0 Å². The minimum absolute atomic E-state index is 0.216. The highest BCUT2D eigenvalue weighted by molar-refractivity contribution is 4.82. The molecule has 0 heterocycles. The van der Waals surface area contributed by atoms with E-state index in [1.165, 1.54) is 0 Å². The Bertz CT molecular complexity index is 212. The van der Waals surface area contributed by atoms with Crippen molar-refractivity contribution in [3.05, 3.63) is 0 Å². The standard InChI is InChI=1S/C12H22F3NO/c1-3-10(8-17-2)16-11-6-4-9(5-7-11)12(13,14)15/h9-11,16H,3-8H2,1-2H3. The Hall–Kier alpha value is -0.290. The summed E-state index contributed by atoms with van der Waals surface area (Å²) in [5.74, 6) is -1.09. The van der Waals surface area contributed by atoms with Gasteiger partial charge in [-0.25, -0.2) is 0 Å². The molecule has 0 saturated heterocycles. The minimum Gasteiger partial charge on any atom is -0.383 e. The molecule has 0 amide bonds. The van der Waals surface area contributed by atoms with Gasteiger partial charge >= 0.3 is 6.18 Å². The Morgan fingerprint density at radius 3 is 2.24 bits per heavy atom. The van der Waals surface area contributed by atoms with Crippen molar-refractivity contribution >= 4 is 0 Å². The molecule has 0 bridgehead atoms. The Morgan fingerprint density at radius 1 is 1.24 bits per heavy atom. The molecule has 0 aliphatic heterocycles. The first-order valence-corrected chi connectivity index (χ1v) is 6.29. The lowest BCUT2D eigenvalue weighted by Crippen LogP contribution is -2.43. The number of nitrogens with one attached hydrogen (secondary N) is 1. The van der Waals surface area contributed by atoms with E-state index in [4.69, 9.17) is 4.74 Å². The van der Waals surface area contributed by atoms with Gasteiger partial charge in [0.15, 0.2) is 0 Å². The van der Waals surface area contributed by atoms with E-state index in [1.807, 2.05) is 0 Å². The molecule has 1 aliphatic rings. The Labute approximate surface area is 101 Å². The average Bonchev–Trinajstić information content (AvgIpc) is 2.28. The molecule has 5 heteroatoms. The Morgan fingerprint density at radius 2 is 1.82 bits per heavy atom. The van der Waals surface area contributed by atoms with Gasteiger partial charge in [0.05, 0.1) is 12.5 Å². The Kier molecular flexibility index (Phi) is 5.73. The number of methoxy groups -OCH3 is 1. The van der Waals surface area contributed by atoms with Crippen LogP contribution in [0.5, 0.6) is 0 Å². The van der Waals surface area contributed by atoms with Gasteiger partial charge in [-0.15, -0.1) is 0 Å². The van der Waals surface area contributed by atoms with Crippen LogP contribution in [0, 0.1) is 5.92 Å². The summed E-state index contributed by atoms with van der Waals surface area (Å²) in [6, 6.07) is 0.473. The van der Waals surface area contributed by atoms with Gasteiger partial charge in [-0.05, 0) is 32.1 Å². The van der Waals surface area contributed by atoms with E-state index in [0.717, 1.165) is 6.42 Å². The minimum atomic E-state index is -4.01. The van der Waals surface area contributed by atoms with Crippen LogP contribution in [0.3, 0.4) is 0 Å². The molecule has 1 fully saturated rings. The molecule has 0 aromatic rings. The van der Waals surface area contributed by atoms with E-state index in [-0.39, 0.29) is 24.9 Å². The van der Waals surface area contributed by atoms with E-state index in [2.05, 4.69) is 12.2 Å². The van der Waals surface area contributed by atoms with Crippen LogP contribution in [0.25, 0.3) is 0 Å². The highest BCUT2D eigenvalue weighted by atomic mass is 19.4. The highest BCUT2D eigenvalue weighted by Crippen LogP contribution is 2.37. The highest BCUT2D eigenvalue weighted by Gasteiger charge is 2.41. The number of hydrogen-bond donors (Lipinski definition) is 1. The molecule has 0 aromatic heterocycles. The number of ether oxygens (including phenoxy) is 1. The topological polar surface area (TPSA) is 21.3 Å². The van der Waals surface area contributed by atoms with Gasteiger partial charge in [0.2, 0.25) is 0 Å². The maximum Gasteiger partial charge on any atom is 0.391 e. The molecule has 1 atom stereocenters. The first kappa shape index (κ1) is 14.8. The lowest BCUT2D eigenvalue weighted by molar-refractivity contribution is -0.182. The maximum absolute atomic E-state index is 12.5. The maximum atomic E-state index is 12.5. The molecule has 1 rings (SSSR count). The quantitative estimate of drug-likeness (QED) is 0.812. The summed E-state index contributed by atoms with van der Waals surface area (Å²) in [7, 11) is 1.64. The average molecular weight is 253 g/mol.